The summed E-state index contributed by atoms with van der Waals surface area (Å²) in [5, 5.41) is 3.50. The van der Waals surface area contributed by atoms with E-state index in [0.29, 0.717) is 0 Å². The van der Waals surface area contributed by atoms with Crippen LogP contribution in [-0.2, 0) is 0 Å². The van der Waals surface area contributed by atoms with E-state index in [1.165, 1.54) is 17.5 Å². The number of anilines is 1. The van der Waals surface area contributed by atoms with Gasteiger partial charge in [0.15, 0.2) is 12.2 Å². The van der Waals surface area contributed by atoms with Gasteiger partial charge >= 0.3 is 0 Å². The topological polar surface area (TPSA) is 38.1 Å². The van der Waals surface area contributed by atoms with E-state index in [2.05, 4.69) is 60.5 Å². The highest BCUT2D eigenvalue weighted by molar-refractivity contribution is 5.60. The summed E-state index contributed by atoms with van der Waals surface area (Å²) in [7, 11) is 0. The van der Waals surface area contributed by atoms with E-state index >= 15 is 0 Å². The van der Waals surface area contributed by atoms with Crippen LogP contribution in [0.5, 0.6) is 0 Å². The lowest BCUT2D eigenvalue weighted by molar-refractivity contribution is 0.572. The third-order valence-corrected chi connectivity index (χ3v) is 3.56. The van der Waals surface area contributed by atoms with E-state index in [9.17, 15) is 0 Å². The lowest BCUT2D eigenvalue weighted by Gasteiger charge is -2.16. The number of rotatable bonds is 4. The number of aromatic nitrogens is 1. The smallest absolute Gasteiger partial charge is 0.181 e. The highest BCUT2D eigenvalue weighted by Crippen LogP contribution is 2.23. The summed E-state index contributed by atoms with van der Waals surface area (Å²) in [5.41, 5.74) is 4.68. The van der Waals surface area contributed by atoms with Crippen LogP contribution < -0.4 is 5.32 Å². The Morgan fingerprint density at radius 2 is 1.71 bits per heavy atom. The number of nitrogens with one attached hydrogen (secondary N) is 1. The van der Waals surface area contributed by atoms with Gasteiger partial charge in [-0.25, -0.2) is 4.98 Å². The number of aryl methyl sites for hydroxylation is 1. The molecule has 3 nitrogen and oxygen atoms in total. The third kappa shape index (κ3) is 3.14. The average molecular weight is 278 g/mol. The first-order valence-corrected chi connectivity index (χ1v) is 7.04. The standard InChI is InChI=1S/C18H18N2O/c1-13-3-5-15(6-4-13)14(2)20-17-9-7-16(8-10-17)18-11-19-12-21-18/h3-12,14,20H,1-2H3. The maximum Gasteiger partial charge on any atom is 0.181 e. The van der Waals surface area contributed by atoms with Crippen LogP contribution in [0.25, 0.3) is 11.3 Å². The van der Waals surface area contributed by atoms with Crippen molar-refractivity contribution in [3.63, 3.8) is 0 Å². The minimum absolute atomic E-state index is 0.265. The largest absolute Gasteiger partial charge is 0.444 e. The molecule has 0 radical (unpaired) electrons. The minimum Gasteiger partial charge on any atom is -0.444 e. The van der Waals surface area contributed by atoms with Gasteiger partial charge in [0.2, 0.25) is 0 Å². The van der Waals surface area contributed by atoms with Gasteiger partial charge < -0.3 is 9.73 Å². The summed E-state index contributed by atoms with van der Waals surface area (Å²) in [6, 6.07) is 17.1. The fourth-order valence-electron chi connectivity index (χ4n) is 2.28. The molecule has 0 saturated carbocycles. The van der Waals surface area contributed by atoms with Crippen molar-refractivity contribution < 1.29 is 4.42 Å². The van der Waals surface area contributed by atoms with Gasteiger partial charge in [-0.1, -0.05) is 29.8 Å². The number of oxazole rings is 1. The second kappa shape index (κ2) is 5.83. The summed E-state index contributed by atoms with van der Waals surface area (Å²) < 4.78 is 5.29. The molecule has 3 aromatic rings. The number of benzene rings is 2. The molecule has 0 saturated heterocycles. The van der Waals surface area contributed by atoms with Crippen molar-refractivity contribution in [2.45, 2.75) is 19.9 Å². The van der Waals surface area contributed by atoms with Gasteiger partial charge in [-0.3, -0.25) is 0 Å². The van der Waals surface area contributed by atoms with E-state index in [1.807, 2.05) is 12.1 Å². The second-order valence-electron chi connectivity index (χ2n) is 5.22. The van der Waals surface area contributed by atoms with Crippen molar-refractivity contribution in [2.24, 2.45) is 0 Å². The normalized spacial score (nSPS) is 12.1. The molecule has 0 spiro atoms. The van der Waals surface area contributed by atoms with Crippen LogP contribution in [0.3, 0.4) is 0 Å². The van der Waals surface area contributed by atoms with E-state index in [4.69, 9.17) is 4.42 Å². The Morgan fingerprint density at radius 1 is 1.00 bits per heavy atom. The molecular formula is C18H18N2O. The zero-order valence-corrected chi connectivity index (χ0v) is 12.2. The maximum atomic E-state index is 5.29. The van der Waals surface area contributed by atoms with Gasteiger partial charge in [0.05, 0.1) is 6.20 Å². The van der Waals surface area contributed by atoms with Crippen molar-refractivity contribution >= 4 is 5.69 Å². The SMILES string of the molecule is Cc1ccc(C(C)Nc2ccc(-c3cnco3)cc2)cc1. The number of hydrogen-bond acceptors (Lipinski definition) is 3. The van der Waals surface area contributed by atoms with Gasteiger partial charge in [0.25, 0.3) is 0 Å². The van der Waals surface area contributed by atoms with Crippen LogP contribution >= 0.6 is 0 Å². The van der Waals surface area contributed by atoms with Gasteiger partial charge in [-0.05, 0) is 43.7 Å². The monoisotopic (exact) mass is 278 g/mol. The van der Waals surface area contributed by atoms with Gasteiger partial charge in [-0.2, -0.15) is 0 Å². The zero-order chi connectivity index (χ0) is 14.7. The zero-order valence-electron chi connectivity index (χ0n) is 12.2. The molecule has 0 fully saturated rings. The summed E-state index contributed by atoms with van der Waals surface area (Å²) in [6.07, 6.45) is 3.17. The van der Waals surface area contributed by atoms with Crippen LogP contribution in [0, 0.1) is 6.92 Å². The molecule has 3 rings (SSSR count). The van der Waals surface area contributed by atoms with E-state index in [-0.39, 0.29) is 6.04 Å². The first kappa shape index (κ1) is 13.4. The lowest BCUT2D eigenvalue weighted by Crippen LogP contribution is -2.06. The first-order valence-electron chi connectivity index (χ1n) is 7.04. The maximum absolute atomic E-state index is 5.29. The molecule has 1 unspecified atom stereocenters. The quantitative estimate of drug-likeness (QED) is 0.743. The molecule has 0 aliphatic carbocycles. The summed E-state index contributed by atoms with van der Waals surface area (Å²) in [4.78, 5) is 3.93. The summed E-state index contributed by atoms with van der Waals surface area (Å²) in [5.74, 6) is 0.785. The Kier molecular flexibility index (Phi) is 3.73. The highest BCUT2D eigenvalue weighted by Gasteiger charge is 2.06. The van der Waals surface area contributed by atoms with E-state index in [1.54, 1.807) is 6.20 Å². The van der Waals surface area contributed by atoms with Crippen molar-refractivity contribution in [1.29, 1.82) is 0 Å². The average Bonchev–Trinajstić information content (AvgIpc) is 3.03. The molecule has 1 aromatic heterocycles. The predicted molar refractivity (Wildman–Crippen MR) is 85.2 cm³/mol. The Balaban J connectivity index is 1.71. The predicted octanol–water partition coefficient (Wildman–Crippen LogP) is 4.82. The van der Waals surface area contributed by atoms with Crippen LogP contribution in [0.15, 0.2) is 65.5 Å². The minimum atomic E-state index is 0.265. The van der Waals surface area contributed by atoms with Crippen LogP contribution in [0.1, 0.15) is 24.1 Å². The Labute approximate surface area is 124 Å². The van der Waals surface area contributed by atoms with Gasteiger partial charge in [0, 0.05) is 17.3 Å². The van der Waals surface area contributed by atoms with Gasteiger partial charge in [-0.15, -0.1) is 0 Å². The Bertz CT molecular complexity index is 685. The summed E-state index contributed by atoms with van der Waals surface area (Å²) >= 11 is 0. The van der Waals surface area contributed by atoms with Crippen molar-refractivity contribution in [1.82, 2.24) is 4.98 Å². The fraction of sp³-hybridized carbons (Fsp3) is 0.167. The first-order chi connectivity index (χ1) is 10.2. The molecule has 0 bridgehead atoms. The highest BCUT2D eigenvalue weighted by atomic mass is 16.3. The Morgan fingerprint density at radius 3 is 2.33 bits per heavy atom. The van der Waals surface area contributed by atoms with Crippen LogP contribution in [0.2, 0.25) is 0 Å². The van der Waals surface area contributed by atoms with Crippen LogP contribution in [0.4, 0.5) is 5.69 Å². The third-order valence-electron chi connectivity index (χ3n) is 3.56. The molecule has 0 amide bonds. The molecular weight excluding hydrogens is 260 g/mol. The molecule has 3 heteroatoms. The molecule has 106 valence electrons. The number of hydrogen-bond donors (Lipinski definition) is 1. The lowest BCUT2D eigenvalue weighted by atomic mass is 10.1. The molecule has 0 aliphatic rings. The van der Waals surface area contributed by atoms with Crippen molar-refractivity contribution in [3.8, 4) is 11.3 Å². The van der Waals surface area contributed by atoms with Crippen LogP contribution in [-0.4, -0.2) is 4.98 Å². The second-order valence-corrected chi connectivity index (χ2v) is 5.22. The molecule has 1 atom stereocenters. The van der Waals surface area contributed by atoms with Crippen molar-refractivity contribution in [3.05, 3.63) is 72.2 Å². The molecule has 1 N–H and O–H groups in total. The van der Waals surface area contributed by atoms with E-state index < -0.39 is 0 Å². The van der Waals surface area contributed by atoms with E-state index in [0.717, 1.165) is 17.0 Å². The molecule has 1 heterocycles. The van der Waals surface area contributed by atoms with Gasteiger partial charge in [0.1, 0.15) is 0 Å². The summed E-state index contributed by atoms with van der Waals surface area (Å²) in [6.45, 7) is 4.26. The molecule has 0 aliphatic heterocycles. The fourth-order valence-corrected chi connectivity index (χ4v) is 2.28. The molecule has 21 heavy (non-hydrogen) atoms. The Hall–Kier alpha value is -2.55. The number of nitrogens with zero attached hydrogens (tertiary/aromatic N) is 1. The van der Waals surface area contributed by atoms with Crippen molar-refractivity contribution in [2.75, 3.05) is 5.32 Å². The molecule has 2 aromatic carbocycles.